The summed E-state index contributed by atoms with van der Waals surface area (Å²) in [5.74, 6) is 1.90. The molecule has 0 aliphatic carbocycles. The second-order valence-electron chi connectivity index (χ2n) is 8.36. The van der Waals surface area contributed by atoms with Crippen LogP contribution >= 0.6 is 0 Å². The number of hydrogen-bond acceptors (Lipinski definition) is 9. The molecule has 164 valence electrons. The summed E-state index contributed by atoms with van der Waals surface area (Å²) in [6.45, 7) is 7.40. The molecule has 0 radical (unpaired) electrons. The molecule has 2 aromatic heterocycles. The number of fused-ring (bicyclic) bond motifs is 2. The molecule has 9 nitrogen and oxygen atoms in total. The van der Waals surface area contributed by atoms with Crippen molar-refractivity contribution in [3.8, 4) is 11.4 Å². The lowest BCUT2D eigenvalue weighted by atomic mass is 9.96. The Hall–Kier alpha value is -2.75. The quantitative estimate of drug-likeness (QED) is 0.660. The molecule has 1 aromatic carbocycles. The van der Waals surface area contributed by atoms with Crippen molar-refractivity contribution >= 4 is 22.6 Å². The highest BCUT2D eigenvalue weighted by atomic mass is 16.5. The zero-order chi connectivity index (χ0) is 21.6. The Morgan fingerprint density at radius 2 is 2.19 bits per heavy atom. The van der Waals surface area contributed by atoms with Gasteiger partial charge in [0.15, 0.2) is 17.2 Å². The van der Waals surface area contributed by atoms with Crippen molar-refractivity contribution in [2.75, 3.05) is 44.1 Å². The van der Waals surface area contributed by atoms with E-state index < -0.39 is 5.60 Å². The first kappa shape index (κ1) is 20.2. The van der Waals surface area contributed by atoms with Gasteiger partial charge < -0.3 is 29.4 Å². The fourth-order valence-electron chi connectivity index (χ4n) is 4.33. The molecule has 31 heavy (non-hydrogen) atoms. The molecule has 1 saturated heterocycles. The van der Waals surface area contributed by atoms with E-state index in [0.717, 1.165) is 34.6 Å². The molecular weight excluding hydrogens is 398 g/mol. The lowest BCUT2D eigenvalue weighted by Gasteiger charge is -2.35. The highest BCUT2D eigenvalue weighted by molar-refractivity contribution is 5.90. The molecule has 0 spiro atoms. The van der Waals surface area contributed by atoms with Crippen LogP contribution in [0, 0.1) is 0 Å². The number of rotatable bonds is 5. The number of anilines is 2. The predicted molar refractivity (Wildman–Crippen MR) is 116 cm³/mol. The number of methoxy groups -OCH3 is 1. The third kappa shape index (κ3) is 3.42. The summed E-state index contributed by atoms with van der Waals surface area (Å²) in [4.78, 5) is 12.3. The van der Waals surface area contributed by atoms with E-state index in [1.807, 2.05) is 18.2 Å². The first-order valence-electron chi connectivity index (χ1n) is 10.5. The van der Waals surface area contributed by atoms with Gasteiger partial charge in [-0.1, -0.05) is 5.16 Å². The van der Waals surface area contributed by atoms with Gasteiger partial charge in [-0.05, 0) is 32.0 Å². The molecule has 5 rings (SSSR count). The molecule has 2 N–H and O–H groups in total. The second kappa shape index (κ2) is 7.74. The van der Waals surface area contributed by atoms with E-state index in [-0.39, 0.29) is 6.04 Å². The number of nitrogens with two attached hydrogens (primary N) is 1. The van der Waals surface area contributed by atoms with E-state index in [1.54, 1.807) is 7.11 Å². The SMILES string of the molecule is COCC[C@]1(C)OCc2c(N3CCOC[C@@H]3C)nc(-c3ccc4onc(N)c4c3)nc21. The minimum Gasteiger partial charge on any atom is -0.385 e. The molecule has 2 aliphatic rings. The summed E-state index contributed by atoms with van der Waals surface area (Å²) < 4.78 is 22.5. The monoisotopic (exact) mass is 425 g/mol. The number of benzene rings is 1. The summed E-state index contributed by atoms with van der Waals surface area (Å²) in [6, 6.07) is 5.92. The van der Waals surface area contributed by atoms with E-state index >= 15 is 0 Å². The number of nitrogen functional groups attached to an aromatic ring is 1. The Morgan fingerprint density at radius 1 is 1.32 bits per heavy atom. The maximum atomic E-state index is 6.26. The van der Waals surface area contributed by atoms with Crippen molar-refractivity contribution in [3.05, 3.63) is 29.5 Å². The van der Waals surface area contributed by atoms with Gasteiger partial charge in [0, 0.05) is 37.8 Å². The van der Waals surface area contributed by atoms with Crippen LogP contribution in [0.3, 0.4) is 0 Å². The molecule has 0 unspecified atom stereocenters. The molecule has 2 atom stereocenters. The van der Waals surface area contributed by atoms with E-state index in [1.165, 1.54) is 0 Å². The topological polar surface area (TPSA) is 109 Å². The number of aromatic nitrogens is 3. The number of nitrogens with zero attached hydrogens (tertiary/aromatic N) is 4. The van der Waals surface area contributed by atoms with Gasteiger partial charge in [0.1, 0.15) is 11.4 Å². The van der Waals surface area contributed by atoms with Crippen molar-refractivity contribution in [1.82, 2.24) is 15.1 Å². The highest BCUT2D eigenvalue weighted by Crippen LogP contribution is 2.43. The zero-order valence-corrected chi connectivity index (χ0v) is 18.1. The van der Waals surface area contributed by atoms with Gasteiger partial charge in [0.25, 0.3) is 0 Å². The maximum Gasteiger partial charge on any atom is 0.174 e. The Morgan fingerprint density at radius 3 is 3.00 bits per heavy atom. The third-order valence-corrected chi connectivity index (χ3v) is 6.20. The van der Waals surface area contributed by atoms with Crippen LogP contribution in [0.2, 0.25) is 0 Å². The molecule has 0 bridgehead atoms. The lowest BCUT2D eigenvalue weighted by Crippen LogP contribution is -2.44. The maximum absolute atomic E-state index is 6.26. The standard InChI is InChI=1S/C22H27N5O4/c1-13-11-29-9-7-27(13)21-16-12-30-22(2,6-8-28-3)18(16)24-20(25-21)14-4-5-17-15(10-14)19(23)26-31-17/h4-5,10,13H,6-9,11-12H2,1-3H3,(H2,23,26)/t13-,22-/m0/s1. The average Bonchev–Trinajstić information content (AvgIpc) is 3.32. The van der Waals surface area contributed by atoms with Gasteiger partial charge in [-0.25, -0.2) is 9.97 Å². The molecule has 2 aliphatic heterocycles. The van der Waals surface area contributed by atoms with E-state index in [0.29, 0.717) is 50.1 Å². The van der Waals surface area contributed by atoms with Crippen LogP contribution in [0.5, 0.6) is 0 Å². The average molecular weight is 425 g/mol. The Labute approximate surface area is 180 Å². The Bertz CT molecular complexity index is 1120. The van der Waals surface area contributed by atoms with Crippen LogP contribution in [0.4, 0.5) is 11.6 Å². The Kier molecular flexibility index (Phi) is 5.04. The van der Waals surface area contributed by atoms with Crippen LogP contribution in [0.1, 0.15) is 31.5 Å². The van der Waals surface area contributed by atoms with Crippen LogP contribution in [0.25, 0.3) is 22.4 Å². The first-order chi connectivity index (χ1) is 15.0. The second-order valence-corrected chi connectivity index (χ2v) is 8.36. The van der Waals surface area contributed by atoms with Crippen molar-refractivity contribution in [3.63, 3.8) is 0 Å². The van der Waals surface area contributed by atoms with Crippen molar-refractivity contribution in [1.29, 1.82) is 0 Å². The third-order valence-electron chi connectivity index (χ3n) is 6.20. The lowest BCUT2D eigenvalue weighted by molar-refractivity contribution is -0.0448. The van der Waals surface area contributed by atoms with Crippen LogP contribution < -0.4 is 10.6 Å². The van der Waals surface area contributed by atoms with E-state index in [9.17, 15) is 0 Å². The largest absolute Gasteiger partial charge is 0.385 e. The van der Waals surface area contributed by atoms with Gasteiger partial charge in [0.2, 0.25) is 0 Å². The van der Waals surface area contributed by atoms with Gasteiger partial charge in [-0.2, -0.15) is 0 Å². The van der Waals surface area contributed by atoms with E-state index in [2.05, 4.69) is 23.9 Å². The normalized spacial score (nSPS) is 23.5. The van der Waals surface area contributed by atoms with Gasteiger partial charge >= 0.3 is 0 Å². The summed E-state index contributed by atoms with van der Waals surface area (Å²) >= 11 is 0. The fraction of sp³-hybridized carbons (Fsp3) is 0.500. The number of hydrogen-bond donors (Lipinski definition) is 1. The highest BCUT2D eigenvalue weighted by Gasteiger charge is 2.41. The summed E-state index contributed by atoms with van der Waals surface area (Å²) in [7, 11) is 1.70. The van der Waals surface area contributed by atoms with Crippen LogP contribution in [-0.4, -0.2) is 54.6 Å². The van der Waals surface area contributed by atoms with Gasteiger partial charge in [0.05, 0.1) is 36.9 Å². The van der Waals surface area contributed by atoms with Crippen molar-refractivity contribution < 1.29 is 18.7 Å². The van der Waals surface area contributed by atoms with Crippen LogP contribution in [0.15, 0.2) is 22.7 Å². The van der Waals surface area contributed by atoms with E-state index in [4.69, 9.17) is 34.4 Å². The number of morpholine rings is 1. The zero-order valence-electron chi connectivity index (χ0n) is 18.1. The molecule has 1 fully saturated rings. The Balaban J connectivity index is 1.67. The molecule has 3 aromatic rings. The minimum atomic E-state index is -0.534. The first-order valence-corrected chi connectivity index (χ1v) is 10.5. The smallest absolute Gasteiger partial charge is 0.174 e. The molecule has 0 saturated carbocycles. The van der Waals surface area contributed by atoms with Gasteiger partial charge in [-0.3, -0.25) is 0 Å². The number of ether oxygens (including phenoxy) is 3. The molecule has 0 amide bonds. The van der Waals surface area contributed by atoms with Gasteiger partial charge in [-0.15, -0.1) is 0 Å². The predicted octanol–water partition coefficient (Wildman–Crippen LogP) is 2.87. The molecule has 9 heteroatoms. The van der Waals surface area contributed by atoms with Crippen molar-refractivity contribution in [2.24, 2.45) is 0 Å². The molecular formula is C22H27N5O4. The summed E-state index contributed by atoms with van der Waals surface area (Å²) in [5.41, 5.74) is 8.89. The fourth-order valence-corrected chi connectivity index (χ4v) is 4.33. The summed E-state index contributed by atoms with van der Waals surface area (Å²) in [6.07, 6.45) is 0.711. The summed E-state index contributed by atoms with van der Waals surface area (Å²) in [5, 5.41) is 4.60. The minimum absolute atomic E-state index is 0.211. The van der Waals surface area contributed by atoms with Crippen molar-refractivity contribution in [2.45, 2.75) is 38.5 Å². The van der Waals surface area contributed by atoms with Crippen LogP contribution in [-0.2, 0) is 26.4 Å². The molecule has 4 heterocycles.